The molecule has 1 N–H and O–H groups in total. The van der Waals surface area contributed by atoms with Crippen LogP contribution in [0.5, 0.6) is 23.0 Å². The zero-order chi connectivity index (χ0) is 24.0. The fraction of sp³-hybridized carbons (Fsp3) is 0.440. The standard InChI is InChI=1S/C25H32N2O6/c1-25(24(29)26-13-11-17-6-9-20(31-3)22(14-17)33-5)12-10-23(28)27(25)16-18-7-8-19(30-2)15-21(18)32-4/h6-9,14-15H,10-13,16H2,1-5H3,(H,26,29)/t25-/m0/s1. The van der Waals surface area contributed by atoms with E-state index in [1.165, 1.54) is 0 Å². The van der Waals surface area contributed by atoms with E-state index in [1.54, 1.807) is 39.4 Å². The van der Waals surface area contributed by atoms with E-state index in [2.05, 4.69) is 5.32 Å². The van der Waals surface area contributed by atoms with Crippen molar-refractivity contribution < 1.29 is 28.5 Å². The zero-order valence-corrected chi connectivity index (χ0v) is 19.9. The summed E-state index contributed by atoms with van der Waals surface area (Å²) in [4.78, 5) is 27.5. The van der Waals surface area contributed by atoms with Gasteiger partial charge in [-0.15, -0.1) is 0 Å². The minimum atomic E-state index is -0.931. The van der Waals surface area contributed by atoms with E-state index in [9.17, 15) is 9.59 Å². The third kappa shape index (κ3) is 5.16. The Bertz CT molecular complexity index is 1010. The number of methoxy groups -OCH3 is 4. The molecule has 2 amide bonds. The molecule has 8 heteroatoms. The molecule has 2 aromatic carbocycles. The van der Waals surface area contributed by atoms with Crippen LogP contribution < -0.4 is 24.3 Å². The van der Waals surface area contributed by atoms with E-state index < -0.39 is 5.54 Å². The molecule has 1 saturated heterocycles. The van der Waals surface area contributed by atoms with Gasteiger partial charge in [0.1, 0.15) is 17.0 Å². The summed E-state index contributed by atoms with van der Waals surface area (Å²) in [6, 6.07) is 11.1. The molecule has 1 aliphatic heterocycles. The molecule has 178 valence electrons. The first kappa shape index (κ1) is 24.2. The molecule has 33 heavy (non-hydrogen) atoms. The molecule has 0 aromatic heterocycles. The first-order valence-electron chi connectivity index (χ1n) is 10.9. The lowest BCUT2D eigenvalue weighted by Gasteiger charge is -2.34. The number of likely N-dealkylation sites (tertiary alicyclic amines) is 1. The molecule has 1 atom stereocenters. The van der Waals surface area contributed by atoms with Gasteiger partial charge < -0.3 is 29.2 Å². The third-order valence-electron chi connectivity index (χ3n) is 6.18. The Morgan fingerprint density at radius 2 is 1.70 bits per heavy atom. The highest BCUT2D eigenvalue weighted by Gasteiger charge is 2.47. The number of nitrogens with one attached hydrogen (secondary N) is 1. The quantitative estimate of drug-likeness (QED) is 0.592. The van der Waals surface area contributed by atoms with Crippen molar-refractivity contribution >= 4 is 11.8 Å². The molecule has 1 fully saturated rings. The van der Waals surface area contributed by atoms with Gasteiger partial charge in [-0.2, -0.15) is 0 Å². The highest BCUT2D eigenvalue weighted by atomic mass is 16.5. The Morgan fingerprint density at radius 1 is 0.970 bits per heavy atom. The summed E-state index contributed by atoms with van der Waals surface area (Å²) < 4.78 is 21.3. The van der Waals surface area contributed by atoms with Crippen LogP contribution >= 0.6 is 0 Å². The Kier molecular flexibility index (Phi) is 7.68. The van der Waals surface area contributed by atoms with Gasteiger partial charge in [-0.05, 0) is 49.6 Å². The molecule has 0 spiro atoms. The van der Waals surface area contributed by atoms with Crippen LogP contribution in [0.2, 0.25) is 0 Å². The van der Waals surface area contributed by atoms with Crippen molar-refractivity contribution in [2.45, 2.75) is 38.3 Å². The normalized spacial score (nSPS) is 17.6. The highest BCUT2D eigenvalue weighted by molar-refractivity contribution is 5.94. The molecule has 1 aliphatic rings. The number of carbonyl (C=O) groups is 2. The lowest BCUT2D eigenvalue weighted by atomic mass is 9.96. The topological polar surface area (TPSA) is 86.3 Å². The van der Waals surface area contributed by atoms with Crippen molar-refractivity contribution in [3.05, 3.63) is 47.5 Å². The molecule has 0 unspecified atom stereocenters. The average Bonchev–Trinajstić information content (AvgIpc) is 3.13. The number of amides is 2. The molecular weight excluding hydrogens is 424 g/mol. The van der Waals surface area contributed by atoms with Gasteiger partial charge in [-0.3, -0.25) is 9.59 Å². The van der Waals surface area contributed by atoms with Crippen LogP contribution in [0.25, 0.3) is 0 Å². The van der Waals surface area contributed by atoms with E-state index >= 15 is 0 Å². The van der Waals surface area contributed by atoms with Crippen molar-refractivity contribution in [2.24, 2.45) is 0 Å². The molecule has 0 saturated carbocycles. The van der Waals surface area contributed by atoms with Crippen LogP contribution in [-0.4, -0.2) is 57.2 Å². The molecular formula is C25H32N2O6. The summed E-state index contributed by atoms with van der Waals surface area (Å²) in [6.45, 7) is 2.54. The van der Waals surface area contributed by atoms with Gasteiger partial charge in [0.15, 0.2) is 11.5 Å². The van der Waals surface area contributed by atoms with Gasteiger partial charge in [0.05, 0.1) is 35.0 Å². The Hall–Kier alpha value is -3.42. The number of benzene rings is 2. The average molecular weight is 457 g/mol. The third-order valence-corrected chi connectivity index (χ3v) is 6.18. The number of hydrogen-bond donors (Lipinski definition) is 1. The van der Waals surface area contributed by atoms with E-state index in [0.29, 0.717) is 48.8 Å². The highest BCUT2D eigenvalue weighted by Crippen LogP contribution is 2.35. The van der Waals surface area contributed by atoms with Crippen molar-refractivity contribution in [3.63, 3.8) is 0 Å². The first-order valence-corrected chi connectivity index (χ1v) is 10.9. The number of nitrogens with zero attached hydrogens (tertiary/aromatic N) is 1. The predicted molar refractivity (Wildman–Crippen MR) is 124 cm³/mol. The SMILES string of the molecule is COc1ccc(CN2C(=O)CC[C@@]2(C)C(=O)NCCc2ccc(OC)c(OC)c2)c(OC)c1. The molecule has 3 rings (SSSR count). The molecule has 8 nitrogen and oxygen atoms in total. The second-order valence-electron chi connectivity index (χ2n) is 8.13. The number of carbonyl (C=O) groups excluding carboxylic acids is 2. The molecule has 0 aliphatic carbocycles. The summed E-state index contributed by atoms with van der Waals surface area (Å²) in [5.41, 5.74) is 0.901. The second-order valence-corrected chi connectivity index (χ2v) is 8.13. The minimum Gasteiger partial charge on any atom is -0.497 e. The Morgan fingerprint density at radius 3 is 2.36 bits per heavy atom. The van der Waals surface area contributed by atoms with Crippen LogP contribution in [0.4, 0.5) is 0 Å². The maximum absolute atomic E-state index is 13.2. The van der Waals surface area contributed by atoms with Crippen molar-refractivity contribution in [2.75, 3.05) is 35.0 Å². The van der Waals surface area contributed by atoms with Gasteiger partial charge in [0.2, 0.25) is 11.8 Å². The van der Waals surface area contributed by atoms with E-state index in [4.69, 9.17) is 18.9 Å². The number of rotatable bonds is 10. The summed E-state index contributed by atoms with van der Waals surface area (Å²) in [6.07, 6.45) is 1.42. The fourth-order valence-corrected chi connectivity index (χ4v) is 4.09. The van der Waals surface area contributed by atoms with Gasteiger partial charge >= 0.3 is 0 Å². The van der Waals surface area contributed by atoms with Crippen LogP contribution in [-0.2, 0) is 22.6 Å². The molecule has 0 bridgehead atoms. The largest absolute Gasteiger partial charge is 0.497 e. The Labute approximate surface area is 194 Å². The Balaban J connectivity index is 1.68. The zero-order valence-electron chi connectivity index (χ0n) is 19.9. The lowest BCUT2D eigenvalue weighted by molar-refractivity contribution is -0.141. The number of hydrogen-bond acceptors (Lipinski definition) is 6. The van der Waals surface area contributed by atoms with Crippen LogP contribution in [0.3, 0.4) is 0 Å². The van der Waals surface area contributed by atoms with Crippen molar-refractivity contribution in [3.8, 4) is 23.0 Å². The summed E-state index contributed by atoms with van der Waals surface area (Å²) in [7, 11) is 6.34. The van der Waals surface area contributed by atoms with Gasteiger partial charge in [-0.1, -0.05) is 6.07 Å². The maximum Gasteiger partial charge on any atom is 0.245 e. The molecule has 1 heterocycles. The van der Waals surface area contributed by atoms with Gasteiger partial charge in [-0.25, -0.2) is 0 Å². The summed E-state index contributed by atoms with van der Waals surface area (Å²) >= 11 is 0. The van der Waals surface area contributed by atoms with Gasteiger partial charge in [0.25, 0.3) is 0 Å². The number of ether oxygens (including phenoxy) is 4. The lowest BCUT2D eigenvalue weighted by Crippen LogP contribution is -2.54. The van der Waals surface area contributed by atoms with Crippen LogP contribution in [0.1, 0.15) is 30.9 Å². The van der Waals surface area contributed by atoms with Crippen LogP contribution in [0.15, 0.2) is 36.4 Å². The predicted octanol–water partition coefficient (Wildman–Crippen LogP) is 2.96. The summed E-state index contributed by atoms with van der Waals surface area (Å²) in [5, 5.41) is 3.01. The monoisotopic (exact) mass is 456 g/mol. The van der Waals surface area contributed by atoms with Crippen molar-refractivity contribution in [1.29, 1.82) is 0 Å². The van der Waals surface area contributed by atoms with Gasteiger partial charge in [0, 0.05) is 24.6 Å². The smallest absolute Gasteiger partial charge is 0.245 e. The van der Waals surface area contributed by atoms with E-state index in [-0.39, 0.29) is 18.4 Å². The van der Waals surface area contributed by atoms with E-state index in [0.717, 1.165) is 11.1 Å². The molecule has 0 radical (unpaired) electrons. The first-order chi connectivity index (χ1) is 15.9. The van der Waals surface area contributed by atoms with E-state index in [1.807, 2.05) is 37.3 Å². The maximum atomic E-state index is 13.2. The van der Waals surface area contributed by atoms with Crippen LogP contribution in [0, 0.1) is 0 Å². The minimum absolute atomic E-state index is 0.0505. The summed E-state index contributed by atoms with van der Waals surface area (Å²) in [5.74, 6) is 2.37. The second kappa shape index (κ2) is 10.5. The van der Waals surface area contributed by atoms with Crippen molar-refractivity contribution in [1.82, 2.24) is 10.2 Å². The molecule has 2 aromatic rings. The fourth-order valence-electron chi connectivity index (χ4n) is 4.09.